The number of nitrogens with one attached hydrogen (secondary N) is 1. The molecule has 0 spiro atoms. The van der Waals surface area contributed by atoms with Crippen LogP contribution in [-0.4, -0.2) is 15.8 Å². The van der Waals surface area contributed by atoms with Gasteiger partial charge in [0.1, 0.15) is 15.4 Å². The first-order valence-corrected chi connectivity index (χ1v) is 9.52. The fourth-order valence-electron chi connectivity index (χ4n) is 2.65. The summed E-state index contributed by atoms with van der Waals surface area (Å²) in [5.74, 6) is -0.498. The van der Waals surface area contributed by atoms with Crippen LogP contribution in [0.15, 0.2) is 53.9 Å². The van der Waals surface area contributed by atoms with Crippen LogP contribution >= 0.6 is 22.7 Å². The largest absolute Gasteiger partial charge is 0.397 e. The van der Waals surface area contributed by atoms with Crippen molar-refractivity contribution in [1.82, 2.24) is 4.98 Å². The van der Waals surface area contributed by atoms with Gasteiger partial charge >= 0.3 is 0 Å². The van der Waals surface area contributed by atoms with E-state index in [0.29, 0.717) is 15.9 Å². The molecule has 3 aromatic heterocycles. The van der Waals surface area contributed by atoms with Crippen molar-refractivity contribution in [1.29, 1.82) is 0 Å². The molecule has 0 bridgehead atoms. The monoisotopic (exact) mass is 396 g/mol. The SMILES string of the molecule is Nc1c(C(=O)Nc2ccccc2[N+](=O)[O-])sc2nc(-c3cccs3)ccc12. The van der Waals surface area contributed by atoms with E-state index in [1.807, 2.05) is 29.6 Å². The number of carbonyl (C=O) groups excluding carboxylic acids is 1. The Bertz CT molecular complexity index is 1170. The lowest BCUT2D eigenvalue weighted by atomic mass is 10.2. The van der Waals surface area contributed by atoms with Crippen molar-refractivity contribution in [3.05, 3.63) is 68.9 Å². The summed E-state index contributed by atoms with van der Waals surface area (Å²) in [6.07, 6.45) is 0. The summed E-state index contributed by atoms with van der Waals surface area (Å²) in [7, 11) is 0. The third kappa shape index (κ3) is 3.14. The topological polar surface area (TPSA) is 111 Å². The number of fused-ring (bicyclic) bond motifs is 1. The van der Waals surface area contributed by atoms with Crippen molar-refractivity contribution < 1.29 is 9.72 Å². The minimum atomic E-state index is -0.543. The molecule has 9 heteroatoms. The maximum absolute atomic E-state index is 12.7. The molecule has 3 heterocycles. The highest BCUT2D eigenvalue weighted by atomic mass is 32.1. The summed E-state index contributed by atoms with van der Waals surface area (Å²) >= 11 is 2.74. The molecule has 0 aliphatic carbocycles. The molecule has 4 rings (SSSR count). The first-order valence-electron chi connectivity index (χ1n) is 7.82. The third-order valence-electron chi connectivity index (χ3n) is 3.92. The van der Waals surface area contributed by atoms with Crippen molar-refractivity contribution in [2.75, 3.05) is 11.1 Å². The van der Waals surface area contributed by atoms with Gasteiger partial charge in [0.2, 0.25) is 0 Å². The van der Waals surface area contributed by atoms with Gasteiger partial charge in [0.25, 0.3) is 11.6 Å². The molecule has 27 heavy (non-hydrogen) atoms. The Morgan fingerprint density at radius 2 is 1.96 bits per heavy atom. The lowest BCUT2D eigenvalue weighted by Crippen LogP contribution is -2.13. The quantitative estimate of drug-likeness (QED) is 0.381. The number of amides is 1. The number of anilines is 2. The summed E-state index contributed by atoms with van der Waals surface area (Å²) in [6, 6.07) is 13.6. The molecule has 0 fully saturated rings. The number of para-hydroxylation sites is 2. The van der Waals surface area contributed by atoms with Crippen molar-refractivity contribution in [2.45, 2.75) is 0 Å². The van der Waals surface area contributed by atoms with Gasteiger partial charge in [-0.05, 0) is 29.6 Å². The van der Waals surface area contributed by atoms with Crippen molar-refractivity contribution in [2.24, 2.45) is 0 Å². The van der Waals surface area contributed by atoms with Gasteiger partial charge < -0.3 is 11.1 Å². The molecule has 0 saturated carbocycles. The lowest BCUT2D eigenvalue weighted by Gasteiger charge is -2.05. The van der Waals surface area contributed by atoms with Crippen LogP contribution in [0, 0.1) is 10.1 Å². The van der Waals surface area contributed by atoms with Crippen LogP contribution in [0.3, 0.4) is 0 Å². The number of nitrogens with zero attached hydrogens (tertiary/aromatic N) is 2. The van der Waals surface area contributed by atoms with E-state index in [1.54, 1.807) is 17.4 Å². The van der Waals surface area contributed by atoms with Gasteiger partial charge in [-0.2, -0.15) is 0 Å². The molecule has 0 radical (unpaired) electrons. The predicted octanol–water partition coefficient (Wildman–Crippen LogP) is 4.77. The fraction of sp³-hybridized carbons (Fsp3) is 0. The second-order valence-electron chi connectivity index (χ2n) is 5.60. The van der Waals surface area contributed by atoms with Crippen molar-refractivity contribution >= 4 is 55.9 Å². The maximum Gasteiger partial charge on any atom is 0.292 e. The molecule has 0 aliphatic rings. The van der Waals surface area contributed by atoms with Crippen LogP contribution < -0.4 is 11.1 Å². The number of pyridine rings is 1. The number of nitrogens with two attached hydrogens (primary N) is 1. The van der Waals surface area contributed by atoms with E-state index in [4.69, 9.17) is 5.73 Å². The number of carbonyl (C=O) groups is 1. The van der Waals surface area contributed by atoms with E-state index in [-0.39, 0.29) is 16.3 Å². The van der Waals surface area contributed by atoms with Crippen LogP contribution in [0.4, 0.5) is 17.1 Å². The van der Waals surface area contributed by atoms with Crippen LogP contribution in [0.25, 0.3) is 20.8 Å². The molecule has 0 saturated heterocycles. The zero-order valence-electron chi connectivity index (χ0n) is 13.7. The number of nitro benzene ring substituents is 1. The highest BCUT2D eigenvalue weighted by Gasteiger charge is 2.21. The van der Waals surface area contributed by atoms with Gasteiger partial charge in [-0.3, -0.25) is 14.9 Å². The molecule has 1 amide bonds. The van der Waals surface area contributed by atoms with Crippen LogP contribution in [0.5, 0.6) is 0 Å². The number of hydrogen-bond donors (Lipinski definition) is 2. The van der Waals surface area contributed by atoms with E-state index in [1.165, 1.54) is 18.2 Å². The molecule has 134 valence electrons. The van der Waals surface area contributed by atoms with Crippen LogP contribution in [0.1, 0.15) is 9.67 Å². The maximum atomic E-state index is 12.7. The van der Waals surface area contributed by atoms with Gasteiger partial charge in [-0.25, -0.2) is 4.98 Å². The van der Waals surface area contributed by atoms with E-state index < -0.39 is 10.8 Å². The first kappa shape index (κ1) is 17.1. The minimum Gasteiger partial charge on any atom is -0.397 e. The average molecular weight is 396 g/mol. The third-order valence-corrected chi connectivity index (χ3v) is 5.93. The summed E-state index contributed by atoms with van der Waals surface area (Å²) in [5.41, 5.74) is 7.21. The average Bonchev–Trinajstić information content (AvgIpc) is 3.30. The molecular formula is C18H12N4O3S2. The first-order chi connectivity index (χ1) is 13.0. The molecule has 4 aromatic rings. The van der Waals surface area contributed by atoms with Crippen molar-refractivity contribution in [3.8, 4) is 10.6 Å². The van der Waals surface area contributed by atoms with Gasteiger partial charge in [0.05, 0.1) is 21.2 Å². The summed E-state index contributed by atoms with van der Waals surface area (Å²) in [5, 5.41) is 16.4. The Balaban J connectivity index is 1.70. The minimum absolute atomic E-state index is 0.122. The van der Waals surface area contributed by atoms with Crippen LogP contribution in [-0.2, 0) is 0 Å². The summed E-state index contributed by atoms with van der Waals surface area (Å²) in [6.45, 7) is 0. The molecular weight excluding hydrogens is 384 g/mol. The lowest BCUT2D eigenvalue weighted by molar-refractivity contribution is -0.383. The number of nitrogen functional groups attached to an aromatic ring is 1. The van der Waals surface area contributed by atoms with Gasteiger partial charge in [0.15, 0.2) is 0 Å². The van der Waals surface area contributed by atoms with Crippen molar-refractivity contribution in [3.63, 3.8) is 0 Å². The van der Waals surface area contributed by atoms with E-state index in [0.717, 1.165) is 21.9 Å². The number of rotatable bonds is 4. The van der Waals surface area contributed by atoms with E-state index in [2.05, 4.69) is 10.3 Å². The van der Waals surface area contributed by atoms with Gasteiger partial charge in [0, 0.05) is 11.5 Å². The number of nitro groups is 1. The number of aromatic nitrogens is 1. The highest BCUT2D eigenvalue weighted by molar-refractivity contribution is 7.21. The zero-order valence-corrected chi connectivity index (χ0v) is 15.3. The van der Waals surface area contributed by atoms with Gasteiger partial charge in [-0.1, -0.05) is 18.2 Å². The Morgan fingerprint density at radius 3 is 2.70 bits per heavy atom. The Morgan fingerprint density at radius 1 is 1.15 bits per heavy atom. The predicted molar refractivity (Wildman–Crippen MR) is 108 cm³/mol. The van der Waals surface area contributed by atoms with Crippen LogP contribution in [0.2, 0.25) is 0 Å². The Kier molecular flexibility index (Phi) is 4.30. The molecule has 1 aromatic carbocycles. The molecule has 0 atom stereocenters. The Labute approximate surface area is 161 Å². The summed E-state index contributed by atoms with van der Waals surface area (Å²) in [4.78, 5) is 29.8. The smallest absolute Gasteiger partial charge is 0.292 e. The molecule has 0 aliphatic heterocycles. The summed E-state index contributed by atoms with van der Waals surface area (Å²) < 4.78 is 0. The normalized spacial score (nSPS) is 10.8. The fourth-order valence-corrected chi connectivity index (χ4v) is 4.33. The second kappa shape index (κ2) is 6.78. The van der Waals surface area contributed by atoms with E-state index >= 15 is 0 Å². The zero-order chi connectivity index (χ0) is 19.0. The number of benzene rings is 1. The molecule has 7 nitrogen and oxygen atoms in total. The molecule has 3 N–H and O–H groups in total. The van der Waals surface area contributed by atoms with E-state index in [9.17, 15) is 14.9 Å². The van der Waals surface area contributed by atoms with Gasteiger partial charge in [-0.15, -0.1) is 22.7 Å². The number of thiophene rings is 2. The standard InChI is InChI=1S/C18H12N4O3S2/c19-15-10-7-8-12(14-6-3-9-26-14)21-18(10)27-16(15)17(23)20-11-4-1-2-5-13(11)22(24)25/h1-9H,19H2,(H,20,23). The number of hydrogen-bond acceptors (Lipinski definition) is 7. The highest BCUT2D eigenvalue weighted by Crippen LogP contribution is 2.36. The molecule has 0 unspecified atom stereocenters. The Hall–Kier alpha value is -3.30. The second-order valence-corrected chi connectivity index (χ2v) is 7.55.